The molecule has 0 radical (unpaired) electrons. The fourth-order valence-electron chi connectivity index (χ4n) is 3.20. The summed E-state index contributed by atoms with van der Waals surface area (Å²) in [6.45, 7) is 8.80. The van der Waals surface area contributed by atoms with Gasteiger partial charge in [-0.1, -0.05) is 38.5 Å². The van der Waals surface area contributed by atoms with E-state index >= 15 is 0 Å². The molecule has 1 fully saturated rings. The fraction of sp³-hybridized carbons (Fsp3) is 0.500. The van der Waals surface area contributed by atoms with Crippen LogP contribution in [-0.2, 0) is 4.79 Å². The smallest absolute Gasteiger partial charge is 0.266 e. The Hall–Kier alpha value is -2.08. The van der Waals surface area contributed by atoms with E-state index in [0.29, 0.717) is 16.9 Å². The van der Waals surface area contributed by atoms with Crippen molar-refractivity contribution in [3.05, 3.63) is 41.0 Å². The van der Waals surface area contributed by atoms with Crippen molar-refractivity contribution in [2.75, 3.05) is 5.32 Å². The number of nitrogens with one attached hydrogen (secondary N) is 1. The molecular formula is C20H26N2O. The van der Waals surface area contributed by atoms with E-state index in [-0.39, 0.29) is 5.91 Å². The molecule has 1 aliphatic rings. The second-order valence-corrected chi connectivity index (χ2v) is 7.55. The van der Waals surface area contributed by atoms with Crippen molar-refractivity contribution >= 4 is 11.6 Å². The molecule has 0 aromatic heterocycles. The summed E-state index contributed by atoms with van der Waals surface area (Å²) in [7, 11) is 0. The Morgan fingerprint density at radius 3 is 2.22 bits per heavy atom. The molecule has 2 rings (SSSR count). The number of nitrogens with zero attached hydrogens (tertiary/aromatic N) is 1. The van der Waals surface area contributed by atoms with Gasteiger partial charge in [0, 0.05) is 5.69 Å². The molecule has 0 heterocycles. The van der Waals surface area contributed by atoms with Gasteiger partial charge in [0.05, 0.1) is 0 Å². The molecule has 0 aliphatic heterocycles. The third-order valence-electron chi connectivity index (χ3n) is 4.82. The van der Waals surface area contributed by atoms with E-state index in [1.165, 1.54) is 0 Å². The number of anilines is 1. The molecule has 3 heteroatoms. The van der Waals surface area contributed by atoms with E-state index in [2.05, 4.69) is 32.2 Å². The second-order valence-electron chi connectivity index (χ2n) is 7.55. The fourth-order valence-corrected chi connectivity index (χ4v) is 3.20. The Balaban J connectivity index is 2.09. The van der Waals surface area contributed by atoms with Crippen LogP contribution in [-0.4, -0.2) is 5.91 Å². The lowest BCUT2D eigenvalue weighted by Crippen LogP contribution is -2.25. The molecule has 1 aliphatic carbocycles. The van der Waals surface area contributed by atoms with E-state index in [4.69, 9.17) is 0 Å². The van der Waals surface area contributed by atoms with Crippen LogP contribution in [0.25, 0.3) is 0 Å². The molecule has 1 N–H and O–H groups in total. The molecule has 0 spiro atoms. The molecule has 0 saturated heterocycles. The Labute approximate surface area is 139 Å². The summed E-state index contributed by atoms with van der Waals surface area (Å²) in [6, 6.07) is 9.75. The molecule has 0 atom stereocenters. The van der Waals surface area contributed by atoms with Crippen LogP contribution in [0.1, 0.15) is 52.0 Å². The zero-order valence-corrected chi connectivity index (χ0v) is 14.6. The predicted octanol–water partition coefficient (Wildman–Crippen LogP) is 4.99. The number of aryl methyl sites for hydroxylation is 1. The van der Waals surface area contributed by atoms with E-state index in [1.54, 1.807) is 0 Å². The van der Waals surface area contributed by atoms with Gasteiger partial charge in [0.25, 0.3) is 5.91 Å². The first-order chi connectivity index (χ1) is 10.8. The van der Waals surface area contributed by atoms with Gasteiger partial charge in [0.15, 0.2) is 0 Å². The molecular weight excluding hydrogens is 284 g/mol. The molecule has 122 valence electrons. The number of hydrogen-bond acceptors (Lipinski definition) is 2. The summed E-state index contributed by atoms with van der Waals surface area (Å²) in [5.41, 5.74) is 3.48. The van der Waals surface area contributed by atoms with E-state index in [0.717, 1.165) is 42.5 Å². The number of benzene rings is 1. The zero-order chi connectivity index (χ0) is 17.0. The molecule has 0 unspecified atom stereocenters. The number of carbonyl (C=O) groups is 1. The van der Waals surface area contributed by atoms with Crippen LogP contribution >= 0.6 is 0 Å². The quantitative estimate of drug-likeness (QED) is 0.618. The minimum atomic E-state index is -0.277. The highest BCUT2D eigenvalue weighted by molar-refractivity contribution is 6.07. The maximum absolute atomic E-state index is 12.4. The molecule has 1 aromatic rings. The van der Waals surface area contributed by atoms with E-state index < -0.39 is 0 Å². The summed E-state index contributed by atoms with van der Waals surface area (Å²) >= 11 is 0. The Morgan fingerprint density at radius 2 is 1.74 bits per heavy atom. The van der Waals surface area contributed by atoms with Crippen molar-refractivity contribution in [1.82, 2.24) is 0 Å². The third-order valence-corrected chi connectivity index (χ3v) is 4.82. The van der Waals surface area contributed by atoms with Gasteiger partial charge in [-0.2, -0.15) is 5.26 Å². The Kier molecular flexibility index (Phi) is 5.26. The number of hydrogen-bond donors (Lipinski definition) is 1. The SMILES string of the molecule is Cc1ccc(NC(=O)C(C#N)=C2CCC(C(C)(C)C)CC2)cc1. The third kappa shape index (κ3) is 4.45. The van der Waals surface area contributed by atoms with Crippen molar-refractivity contribution in [2.24, 2.45) is 11.3 Å². The molecule has 1 saturated carbocycles. The first kappa shape index (κ1) is 17.3. The molecule has 23 heavy (non-hydrogen) atoms. The van der Waals surface area contributed by atoms with Gasteiger partial charge >= 0.3 is 0 Å². The van der Waals surface area contributed by atoms with Crippen molar-refractivity contribution in [3.63, 3.8) is 0 Å². The minimum absolute atomic E-state index is 0.277. The maximum atomic E-state index is 12.4. The summed E-state index contributed by atoms with van der Waals surface area (Å²) in [4.78, 5) is 12.4. The van der Waals surface area contributed by atoms with Gasteiger partial charge < -0.3 is 5.32 Å². The number of nitriles is 1. The number of allylic oxidation sites excluding steroid dienone is 1. The Bertz CT molecular complexity index is 632. The largest absolute Gasteiger partial charge is 0.321 e. The number of rotatable bonds is 2. The summed E-state index contributed by atoms with van der Waals surface area (Å²) < 4.78 is 0. The Morgan fingerprint density at radius 1 is 1.17 bits per heavy atom. The first-order valence-electron chi connectivity index (χ1n) is 8.31. The number of amides is 1. The van der Waals surface area contributed by atoms with Crippen LogP contribution in [0.5, 0.6) is 0 Å². The highest BCUT2D eigenvalue weighted by atomic mass is 16.1. The average Bonchev–Trinajstić information content (AvgIpc) is 2.50. The minimum Gasteiger partial charge on any atom is -0.321 e. The van der Waals surface area contributed by atoms with Crippen LogP contribution in [0.2, 0.25) is 0 Å². The lowest BCUT2D eigenvalue weighted by atomic mass is 9.71. The monoisotopic (exact) mass is 310 g/mol. The van der Waals surface area contributed by atoms with Crippen LogP contribution < -0.4 is 5.32 Å². The van der Waals surface area contributed by atoms with Crippen LogP contribution in [0.4, 0.5) is 5.69 Å². The van der Waals surface area contributed by atoms with Crippen molar-refractivity contribution < 1.29 is 4.79 Å². The van der Waals surface area contributed by atoms with Gasteiger partial charge in [0.1, 0.15) is 11.6 Å². The normalized spacial score (nSPS) is 18.2. The van der Waals surface area contributed by atoms with Crippen molar-refractivity contribution in [3.8, 4) is 6.07 Å². The summed E-state index contributed by atoms with van der Waals surface area (Å²) in [6.07, 6.45) is 3.82. The highest BCUT2D eigenvalue weighted by Gasteiger charge is 2.29. The van der Waals surface area contributed by atoms with Crippen molar-refractivity contribution in [1.29, 1.82) is 5.26 Å². The van der Waals surface area contributed by atoms with Crippen LogP contribution in [0.3, 0.4) is 0 Å². The molecule has 1 amide bonds. The summed E-state index contributed by atoms with van der Waals surface area (Å²) in [5, 5.41) is 12.3. The molecule has 1 aromatic carbocycles. The zero-order valence-electron chi connectivity index (χ0n) is 14.6. The van der Waals surface area contributed by atoms with Gasteiger partial charge in [-0.3, -0.25) is 4.79 Å². The van der Waals surface area contributed by atoms with E-state index in [1.807, 2.05) is 31.2 Å². The highest BCUT2D eigenvalue weighted by Crippen LogP contribution is 2.40. The lowest BCUT2D eigenvalue weighted by molar-refractivity contribution is -0.112. The van der Waals surface area contributed by atoms with Crippen LogP contribution in [0.15, 0.2) is 35.4 Å². The molecule has 0 bridgehead atoms. The average molecular weight is 310 g/mol. The van der Waals surface area contributed by atoms with Gasteiger partial charge in [-0.05, 0) is 61.6 Å². The van der Waals surface area contributed by atoms with Crippen LogP contribution in [0, 0.1) is 29.6 Å². The standard InChI is InChI=1S/C20H26N2O/c1-14-5-11-17(12-6-14)22-19(23)18(13-21)15-7-9-16(10-8-15)20(2,3)4/h5-6,11-12,16H,7-10H2,1-4H3,(H,22,23). The van der Waals surface area contributed by atoms with Crippen molar-refractivity contribution in [2.45, 2.75) is 53.4 Å². The predicted molar refractivity (Wildman–Crippen MR) is 93.9 cm³/mol. The first-order valence-corrected chi connectivity index (χ1v) is 8.31. The lowest BCUT2D eigenvalue weighted by Gasteiger charge is -2.35. The van der Waals surface area contributed by atoms with Gasteiger partial charge in [0.2, 0.25) is 0 Å². The molecule has 3 nitrogen and oxygen atoms in total. The van der Waals surface area contributed by atoms with Gasteiger partial charge in [-0.25, -0.2) is 0 Å². The van der Waals surface area contributed by atoms with E-state index in [9.17, 15) is 10.1 Å². The topological polar surface area (TPSA) is 52.9 Å². The second kappa shape index (κ2) is 7.00. The maximum Gasteiger partial charge on any atom is 0.266 e. The summed E-state index contributed by atoms with van der Waals surface area (Å²) in [5.74, 6) is 0.381. The van der Waals surface area contributed by atoms with Gasteiger partial charge in [-0.15, -0.1) is 0 Å². The number of carbonyl (C=O) groups excluding carboxylic acids is 1.